The van der Waals surface area contributed by atoms with Gasteiger partial charge in [-0.2, -0.15) is 20.2 Å². The van der Waals surface area contributed by atoms with Gasteiger partial charge in [0.25, 0.3) is 0 Å². The van der Waals surface area contributed by atoms with E-state index in [9.17, 15) is 4.79 Å². The van der Waals surface area contributed by atoms with E-state index in [-0.39, 0.29) is 5.91 Å². The van der Waals surface area contributed by atoms with Crippen LogP contribution in [0.3, 0.4) is 0 Å². The van der Waals surface area contributed by atoms with Crippen molar-refractivity contribution in [3.05, 3.63) is 131 Å². The summed E-state index contributed by atoms with van der Waals surface area (Å²) >= 11 is 0. The Hall–Kier alpha value is -7.39. The number of nitrogens with zero attached hydrogens (tertiary/aromatic N) is 9. The zero-order valence-corrected chi connectivity index (χ0v) is 39.5. The van der Waals surface area contributed by atoms with Crippen LogP contribution in [0.5, 0.6) is 0 Å². The highest BCUT2D eigenvalue weighted by atomic mass is 16.2. The van der Waals surface area contributed by atoms with Crippen molar-refractivity contribution in [1.29, 1.82) is 0 Å². The van der Waals surface area contributed by atoms with Gasteiger partial charge in [-0.05, 0) is 136 Å². The summed E-state index contributed by atoms with van der Waals surface area (Å²) in [7, 11) is 3.80. The number of fused-ring (bicyclic) bond motifs is 2. The number of aromatic nitrogens is 8. The van der Waals surface area contributed by atoms with Gasteiger partial charge in [0.2, 0.25) is 17.8 Å². The van der Waals surface area contributed by atoms with E-state index >= 15 is 0 Å². The molecular formula is C52H60N14O. The molecule has 4 aromatic carbocycles. The Morgan fingerprint density at radius 1 is 0.567 bits per heavy atom. The van der Waals surface area contributed by atoms with Crippen LogP contribution in [0.1, 0.15) is 77.8 Å². The number of carbonyl (C=O) groups excluding carboxylic acids is 1. The molecule has 0 aliphatic carbocycles. The molecule has 0 radical (unpaired) electrons. The lowest BCUT2D eigenvalue weighted by Gasteiger charge is -2.31. The highest BCUT2D eigenvalue weighted by Crippen LogP contribution is 2.33. The number of nitrogens with one attached hydrogen (secondary N) is 5. The van der Waals surface area contributed by atoms with Gasteiger partial charge in [0, 0.05) is 69.3 Å². The van der Waals surface area contributed by atoms with Crippen molar-refractivity contribution >= 4 is 74.3 Å². The molecule has 344 valence electrons. The molecule has 1 amide bonds. The van der Waals surface area contributed by atoms with Crippen LogP contribution < -0.4 is 26.6 Å². The molecule has 8 aromatic rings. The summed E-state index contributed by atoms with van der Waals surface area (Å²) in [6.45, 7) is 13.9. The normalized spacial score (nSPS) is 14.5. The molecule has 0 bridgehead atoms. The molecule has 15 heteroatoms. The third-order valence-electron chi connectivity index (χ3n) is 13.2. The lowest BCUT2D eigenvalue weighted by atomic mass is 9.89. The molecule has 0 unspecified atom stereocenters. The Bertz CT molecular complexity index is 2980. The lowest BCUT2D eigenvalue weighted by molar-refractivity contribution is -0.129. The number of hydrogen-bond donors (Lipinski definition) is 5. The summed E-state index contributed by atoms with van der Waals surface area (Å²) in [6.07, 6.45) is 8.05. The topological polar surface area (TPSA) is 168 Å². The van der Waals surface area contributed by atoms with E-state index in [1.54, 1.807) is 16.3 Å². The average molecular weight is 897 g/mol. The van der Waals surface area contributed by atoms with Crippen LogP contribution in [-0.2, 0) is 18.9 Å². The Labute approximate surface area is 391 Å². The van der Waals surface area contributed by atoms with E-state index in [0.29, 0.717) is 23.7 Å². The van der Waals surface area contributed by atoms with Crippen molar-refractivity contribution in [3.63, 3.8) is 0 Å². The molecular weight excluding hydrogens is 837 g/mol. The van der Waals surface area contributed by atoms with E-state index in [1.165, 1.54) is 35.1 Å². The number of rotatable bonds is 10. The second kappa shape index (κ2) is 19.6. The number of hydrogen-bond acceptors (Lipinski definition) is 12. The van der Waals surface area contributed by atoms with Crippen LogP contribution in [0, 0.1) is 27.7 Å². The van der Waals surface area contributed by atoms with Crippen molar-refractivity contribution in [1.82, 2.24) is 49.7 Å². The van der Waals surface area contributed by atoms with E-state index in [2.05, 4.69) is 159 Å². The fraction of sp³-hybridized carbons (Fsp3) is 0.327. The first-order valence-corrected chi connectivity index (χ1v) is 23.2. The standard InChI is InChI=1S/C27H31N7O.C25H29N7/c1-17-6-5-7-18(2)24(17)30-25-23-16-28-27(31-26(23)33(4)32-25)29-22-10-8-20(9-11-22)21-12-14-34(15-13-21)19(3)35;1-16-5-4-6-17(2)22(16)29-23-21-15-27-25(30-24(21)32(3)31-23)28-20-9-7-18(8-10-20)19-11-13-26-14-12-19/h5-11,16,21H,12-15H2,1-4H3,(H,30,32)(H,28,29,31);4-10,15,19,26H,11-14H2,1-3H3,(H,29,31)(H,27,28,30). The molecule has 5 N–H and O–H groups in total. The molecule has 6 heterocycles. The van der Waals surface area contributed by atoms with E-state index < -0.39 is 0 Å². The predicted molar refractivity (Wildman–Crippen MR) is 270 cm³/mol. The maximum atomic E-state index is 11.6. The second-order valence-corrected chi connectivity index (χ2v) is 17.9. The van der Waals surface area contributed by atoms with Gasteiger partial charge in [-0.15, -0.1) is 0 Å². The highest BCUT2D eigenvalue weighted by molar-refractivity contribution is 5.91. The van der Waals surface area contributed by atoms with Crippen LogP contribution in [0.25, 0.3) is 22.1 Å². The Morgan fingerprint density at radius 3 is 1.37 bits per heavy atom. The van der Waals surface area contributed by atoms with E-state index in [4.69, 9.17) is 9.97 Å². The predicted octanol–water partition coefficient (Wildman–Crippen LogP) is 10.1. The minimum absolute atomic E-state index is 0.168. The van der Waals surface area contributed by atoms with Gasteiger partial charge in [-0.1, -0.05) is 60.7 Å². The Kier molecular flexibility index (Phi) is 13.1. The first-order valence-electron chi connectivity index (χ1n) is 23.2. The largest absolute Gasteiger partial charge is 0.343 e. The number of para-hydroxylation sites is 2. The number of anilines is 8. The number of amides is 1. The third kappa shape index (κ3) is 10.1. The lowest BCUT2D eigenvalue weighted by Crippen LogP contribution is -2.36. The summed E-state index contributed by atoms with van der Waals surface area (Å²) in [5, 5.41) is 28.1. The van der Waals surface area contributed by atoms with Crippen molar-refractivity contribution in [2.75, 3.05) is 47.4 Å². The summed E-state index contributed by atoms with van der Waals surface area (Å²) < 4.78 is 3.56. The van der Waals surface area contributed by atoms with Crippen molar-refractivity contribution in [3.8, 4) is 0 Å². The number of piperidine rings is 2. The molecule has 10 rings (SSSR count). The number of benzene rings is 4. The monoisotopic (exact) mass is 897 g/mol. The Morgan fingerprint density at radius 2 is 0.970 bits per heavy atom. The van der Waals surface area contributed by atoms with Gasteiger partial charge in [0.1, 0.15) is 0 Å². The zero-order valence-electron chi connectivity index (χ0n) is 39.5. The van der Waals surface area contributed by atoms with Crippen LogP contribution >= 0.6 is 0 Å². The fourth-order valence-electron chi connectivity index (χ4n) is 9.26. The van der Waals surface area contributed by atoms with Gasteiger partial charge < -0.3 is 31.5 Å². The van der Waals surface area contributed by atoms with Crippen molar-refractivity contribution in [2.45, 2.75) is 72.1 Å². The fourth-order valence-corrected chi connectivity index (χ4v) is 9.26. The van der Waals surface area contributed by atoms with Gasteiger partial charge in [0.15, 0.2) is 22.9 Å². The third-order valence-corrected chi connectivity index (χ3v) is 13.2. The molecule has 0 saturated carbocycles. The van der Waals surface area contributed by atoms with Gasteiger partial charge in [-0.3, -0.25) is 4.79 Å². The summed E-state index contributed by atoms with van der Waals surface area (Å²) in [4.78, 5) is 32.0. The van der Waals surface area contributed by atoms with E-state index in [0.717, 1.165) is 107 Å². The number of likely N-dealkylation sites (tertiary alicyclic amines) is 1. The summed E-state index contributed by atoms with van der Waals surface area (Å²) in [5.41, 5.74) is 13.0. The van der Waals surface area contributed by atoms with Gasteiger partial charge in [-0.25, -0.2) is 19.3 Å². The molecule has 0 atom stereocenters. The van der Waals surface area contributed by atoms with E-state index in [1.807, 2.05) is 31.4 Å². The highest BCUT2D eigenvalue weighted by Gasteiger charge is 2.22. The number of aryl methyl sites for hydroxylation is 6. The first-order chi connectivity index (χ1) is 32.5. The molecule has 2 aliphatic heterocycles. The maximum Gasteiger partial charge on any atom is 0.229 e. The molecule has 4 aromatic heterocycles. The first kappa shape index (κ1) is 44.8. The SMILES string of the molecule is CC(=O)N1CCC(c2ccc(Nc3ncc4c(Nc5c(C)cccc5C)nn(C)c4n3)cc2)CC1.Cc1cccc(C)c1Nc1nn(C)c2nc(Nc3ccc(C4CCNCC4)cc3)ncc12. The zero-order chi connectivity index (χ0) is 46.6. The molecule has 2 saturated heterocycles. The second-order valence-electron chi connectivity index (χ2n) is 17.9. The summed E-state index contributed by atoms with van der Waals surface area (Å²) in [5.74, 6) is 3.90. The number of carbonyl (C=O) groups is 1. The van der Waals surface area contributed by atoms with Crippen LogP contribution in [0.2, 0.25) is 0 Å². The van der Waals surface area contributed by atoms with Gasteiger partial charge in [0.05, 0.1) is 10.8 Å². The molecule has 2 aliphatic rings. The van der Waals surface area contributed by atoms with Crippen LogP contribution in [-0.4, -0.2) is 76.5 Å². The van der Waals surface area contributed by atoms with Crippen molar-refractivity contribution < 1.29 is 4.79 Å². The molecule has 2 fully saturated rings. The molecule has 0 spiro atoms. The van der Waals surface area contributed by atoms with Crippen molar-refractivity contribution in [2.24, 2.45) is 14.1 Å². The average Bonchev–Trinajstić information content (AvgIpc) is 3.82. The summed E-state index contributed by atoms with van der Waals surface area (Å²) in [6, 6.07) is 29.6. The minimum atomic E-state index is 0.168. The molecule has 67 heavy (non-hydrogen) atoms. The smallest absolute Gasteiger partial charge is 0.229 e. The quantitative estimate of drug-likeness (QED) is 0.0883. The van der Waals surface area contributed by atoms with Gasteiger partial charge >= 0.3 is 0 Å². The maximum absolute atomic E-state index is 11.6. The Balaban J connectivity index is 0.000000169. The molecule has 15 nitrogen and oxygen atoms in total. The minimum Gasteiger partial charge on any atom is -0.343 e. The van der Waals surface area contributed by atoms with Crippen LogP contribution in [0.4, 0.5) is 46.3 Å². The van der Waals surface area contributed by atoms with Crippen LogP contribution in [0.15, 0.2) is 97.3 Å².